The summed E-state index contributed by atoms with van der Waals surface area (Å²) >= 11 is 0. The van der Waals surface area contributed by atoms with E-state index in [9.17, 15) is 9.59 Å². The molecule has 2 amide bonds. The van der Waals surface area contributed by atoms with Crippen LogP contribution in [0.1, 0.15) is 60.8 Å². The summed E-state index contributed by atoms with van der Waals surface area (Å²) in [5.74, 6) is 0. The van der Waals surface area contributed by atoms with Crippen LogP contribution in [0.25, 0.3) is 0 Å². The second-order valence-corrected chi connectivity index (χ2v) is 7.71. The molecule has 0 bridgehead atoms. The summed E-state index contributed by atoms with van der Waals surface area (Å²) in [6, 6.07) is -0.0453. The molecule has 0 spiro atoms. The SMILES string of the molecule is CC(C)(C)OC(=O)NCC1CCCCN1C(=O)OC(C)(C)C. The number of nitrogens with zero attached hydrogens (tertiary/aromatic N) is 1. The molecule has 1 rings (SSSR count). The minimum absolute atomic E-state index is 0.0453. The average molecular weight is 314 g/mol. The zero-order valence-electron chi connectivity index (χ0n) is 14.7. The van der Waals surface area contributed by atoms with E-state index in [2.05, 4.69) is 5.32 Å². The van der Waals surface area contributed by atoms with Crippen molar-refractivity contribution in [2.45, 2.75) is 78.0 Å². The van der Waals surface area contributed by atoms with Crippen LogP contribution in [-0.4, -0.2) is 47.4 Å². The van der Waals surface area contributed by atoms with Crippen molar-refractivity contribution in [2.24, 2.45) is 0 Å². The molecule has 6 nitrogen and oxygen atoms in total. The Bertz CT molecular complexity index is 396. The van der Waals surface area contributed by atoms with Gasteiger partial charge in [-0.3, -0.25) is 0 Å². The van der Waals surface area contributed by atoms with Crippen molar-refractivity contribution in [1.29, 1.82) is 0 Å². The first-order valence-corrected chi connectivity index (χ1v) is 7.94. The average Bonchev–Trinajstić information content (AvgIpc) is 2.32. The summed E-state index contributed by atoms with van der Waals surface area (Å²) < 4.78 is 10.7. The van der Waals surface area contributed by atoms with Crippen LogP contribution in [0.15, 0.2) is 0 Å². The fourth-order valence-electron chi connectivity index (χ4n) is 2.29. The minimum atomic E-state index is -0.526. The maximum atomic E-state index is 12.3. The first kappa shape index (κ1) is 18.6. The first-order chi connectivity index (χ1) is 9.98. The second kappa shape index (κ2) is 7.20. The van der Waals surface area contributed by atoms with E-state index in [0.29, 0.717) is 13.1 Å². The highest BCUT2D eigenvalue weighted by Gasteiger charge is 2.31. The van der Waals surface area contributed by atoms with E-state index in [1.165, 1.54) is 0 Å². The Balaban J connectivity index is 2.55. The van der Waals surface area contributed by atoms with Gasteiger partial charge in [-0.05, 0) is 60.8 Å². The number of hydrogen-bond donors (Lipinski definition) is 1. The van der Waals surface area contributed by atoms with Gasteiger partial charge in [-0.25, -0.2) is 9.59 Å². The fraction of sp³-hybridized carbons (Fsp3) is 0.875. The molecule has 128 valence electrons. The number of nitrogens with one attached hydrogen (secondary N) is 1. The largest absolute Gasteiger partial charge is 0.444 e. The number of hydrogen-bond acceptors (Lipinski definition) is 4. The predicted octanol–water partition coefficient (Wildman–Crippen LogP) is 3.30. The Kier molecular flexibility index (Phi) is 6.08. The van der Waals surface area contributed by atoms with Crippen LogP contribution < -0.4 is 5.32 Å². The molecule has 0 aromatic heterocycles. The predicted molar refractivity (Wildman–Crippen MR) is 84.8 cm³/mol. The molecule has 1 fully saturated rings. The van der Waals surface area contributed by atoms with Crippen molar-refractivity contribution >= 4 is 12.2 Å². The molecule has 0 aromatic rings. The lowest BCUT2D eigenvalue weighted by atomic mass is 10.0. The molecular weight excluding hydrogens is 284 g/mol. The molecule has 1 atom stereocenters. The number of amides is 2. The number of ether oxygens (including phenoxy) is 2. The van der Waals surface area contributed by atoms with Gasteiger partial charge in [0.1, 0.15) is 11.2 Å². The molecule has 0 saturated carbocycles. The molecule has 6 heteroatoms. The van der Waals surface area contributed by atoms with Crippen LogP contribution in [0.3, 0.4) is 0 Å². The lowest BCUT2D eigenvalue weighted by molar-refractivity contribution is 0.00850. The Morgan fingerprint density at radius 3 is 2.18 bits per heavy atom. The van der Waals surface area contributed by atoms with E-state index in [4.69, 9.17) is 9.47 Å². The molecule has 0 aliphatic carbocycles. The molecule has 0 aromatic carbocycles. The Hall–Kier alpha value is -1.46. The van der Waals surface area contributed by atoms with Crippen LogP contribution in [0, 0.1) is 0 Å². The fourth-order valence-corrected chi connectivity index (χ4v) is 2.29. The van der Waals surface area contributed by atoms with Gasteiger partial charge < -0.3 is 19.7 Å². The number of carbonyl (C=O) groups excluding carboxylic acids is 2. The Morgan fingerprint density at radius 1 is 1.05 bits per heavy atom. The van der Waals surface area contributed by atoms with Gasteiger partial charge in [0.15, 0.2) is 0 Å². The zero-order valence-corrected chi connectivity index (χ0v) is 14.7. The van der Waals surface area contributed by atoms with Crippen molar-refractivity contribution in [2.75, 3.05) is 13.1 Å². The molecular formula is C16H30N2O4. The maximum Gasteiger partial charge on any atom is 0.410 e. The highest BCUT2D eigenvalue weighted by atomic mass is 16.6. The monoisotopic (exact) mass is 314 g/mol. The van der Waals surface area contributed by atoms with Gasteiger partial charge in [0.25, 0.3) is 0 Å². The van der Waals surface area contributed by atoms with Gasteiger partial charge in [-0.1, -0.05) is 0 Å². The molecule has 1 unspecified atom stereocenters. The smallest absolute Gasteiger partial charge is 0.410 e. The van der Waals surface area contributed by atoms with Gasteiger partial charge in [-0.15, -0.1) is 0 Å². The number of piperidine rings is 1. The van der Waals surface area contributed by atoms with Crippen LogP contribution >= 0.6 is 0 Å². The van der Waals surface area contributed by atoms with Crippen molar-refractivity contribution in [3.63, 3.8) is 0 Å². The van der Waals surface area contributed by atoms with E-state index in [1.54, 1.807) is 4.90 Å². The third kappa shape index (κ3) is 7.00. The number of rotatable bonds is 2. The van der Waals surface area contributed by atoms with E-state index in [0.717, 1.165) is 19.3 Å². The van der Waals surface area contributed by atoms with Gasteiger partial charge in [0.05, 0.1) is 6.04 Å². The van der Waals surface area contributed by atoms with Crippen molar-refractivity contribution in [3.8, 4) is 0 Å². The van der Waals surface area contributed by atoms with Crippen LogP contribution in [0.5, 0.6) is 0 Å². The first-order valence-electron chi connectivity index (χ1n) is 7.94. The number of carbonyl (C=O) groups is 2. The van der Waals surface area contributed by atoms with Gasteiger partial charge in [0, 0.05) is 13.1 Å². The van der Waals surface area contributed by atoms with E-state index < -0.39 is 17.3 Å². The van der Waals surface area contributed by atoms with Crippen molar-refractivity contribution in [1.82, 2.24) is 10.2 Å². The number of likely N-dealkylation sites (tertiary alicyclic amines) is 1. The lowest BCUT2D eigenvalue weighted by Crippen LogP contribution is -2.51. The van der Waals surface area contributed by atoms with E-state index in [1.807, 2.05) is 41.5 Å². The van der Waals surface area contributed by atoms with Crippen molar-refractivity contribution in [3.05, 3.63) is 0 Å². The third-order valence-corrected chi connectivity index (χ3v) is 3.14. The molecule has 1 aliphatic rings. The van der Waals surface area contributed by atoms with E-state index >= 15 is 0 Å². The lowest BCUT2D eigenvalue weighted by Gasteiger charge is -2.36. The highest BCUT2D eigenvalue weighted by Crippen LogP contribution is 2.20. The Labute approximate surface area is 133 Å². The summed E-state index contributed by atoms with van der Waals surface area (Å²) in [6.07, 6.45) is 2.09. The summed E-state index contributed by atoms with van der Waals surface area (Å²) in [5.41, 5.74) is -1.04. The second-order valence-electron chi connectivity index (χ2n) is 7.71. The molecule has 1 heterocycles. The number of alkyl carbamates (subject to hydrolysis) is 1. The molecule has 1 N–H and O–H groups in total. The quantitative estimate of drug-likeness (QED) is 0.849. The van der Waals surface area contributed by atoms with Crippen LogP contribution in [-0.2, 0) is 9.47 Å². The van der Waals surface area contributed by atoms with Gasteiger partial charge >= 0.3 is 12.2 Å². The summed E-state index contributed by atoms with van der Waals surface area (Å²) in [7, 11) is 0. The van der Waals surface area contributed by atoms with Gasteiger partial charge in [-0.2, -0.15) is 0 Å². The molecule has 0 radical (unpaired) electrons. The van der Waals surface area contributed by atoms with Crippen LogP contribution in [0.2, 0.25) is 0 Å². The minimum Gasteiger partial charge on any atom is -0.444 e. The van der Waals surface area contributed by atoms with Crippen LogP contribution in [0.4, 0.5) is 9.59 Å². The van der Waals surface area contributed by atoms with Crippen molar-refractivity contribution < 1.29 is 19.1 Å². The summed E-state index contributed by atoms with van der Waals surface area (Å²) in [5, 5.41) is 2.75. The normalized spacial score (nSPS) is 19.5. The summed E-state index contributed by atoms with van der Waals surface area (Å²) in [6.45, 7) is 12.1. The standard InChI is InChI=1S/C16H30N2O4/c1-15(2,3)21-13(19)17-11-12-9-7-8-10-18(12)14(20)22-16(4,5)6/h12H,7-11H2,1-6H3,(H,17,19). The third-order valence-electron chi connectivity index (χ3n) is 3.14. The summed E-state index contributed by atoms with van der Waals surface area (Å²) in [4.78, 5) is 25.7. The molecule has 1 saturated heterocycles. The maximum absolute atomic E-state index is 12.3. The Morgan fingerprint density at radius 2 is 1.64 bits per heavy atom. The molecule has 1 aliphatic heterocycles. The topological polar surface area (TPSA) is 67.9 Å². The van der Waals surface area contributed by atoms with E-state index in [-0.39, 0.29) is 12.1 Å². The van der Waals surface area contributed by atoms with Gasteiger partial charge in [0.2, 0.25) is 0 Å². The highest BCUT2D eigenvalue weighted by molar-refractivity contribution is 5.70. The zero-order chi connectivity index (χ0) is 17.0. The molecule has 22 heavy (non-hydrogen) atoms.